The lowest BCUT2D eigenvalue weighted by Gasteiger charge is -2.31. The van der Waals surface area contributed by atoms with E-state index < -0.39 is 0 Å². The topological polar surface area (TPSA) is 53.6 Å². The first-order chi connectivity index (χ1) is 7.75. The molecule has 1 atom stereocenters. The van der Waals surface area contributed by atoms with E-state index in [0.29, 0.717) is 13.2 Å². The van der Waals surface area contributed by atoms with Gasteiger partial charge in [0.1, 0.15) is 0 Å². The molecule has 2 N–H and O–H groups in total. The molecule has 94 valence electrons. The maximum atomic E-state index is 11.8. The van der Waals surface area contributed by atoms with E-state index in [2.05, 4.69) is 15.5 Å². The van der Waals surface area contributed by atoms with Crippen LogP contribution in [0.5, 0.6) is 0 Å². The second-order valence-electron chi connectivity index (χ2n) is 4.10. The predicted molar refractivity (Wildman–Crippen MR) is 63.4 cm³/mol. The predicted octanol–water partition coefficient (Wildman–Crippen LogP) is -0.567. The smallest absolute Gasteiger partial charge is 0.237 e. The Morgan fingerprint density at radius 1 is 1.50 bits per heavy atom. The molecule has 0 bridgehead atoms. The van der Waals surface area contributed by atoms with Crippen LogP contribution in [0.25, 0.3) is 0 Å². The fourth-order valence-electron chi connectivity index (χ4n) is 1.81. The summed E-state index contributed by atoms with van der Waals surface area (Å²) >= 11 is 0. The number of hydrogen-bond acceptors (Lipinski definition) is 4. The van der Waals surface area contributed by atoms with Gasteiger partial charge in [-0.2, -0.15) is 0 Å². The van der Waals surface area contributed by atoms with Crippen molar-refractivity contribution in [2.75, 3.05) is 46.4 Å². The third-order valence-corrected chi connectivity index (χ3v) is 2.90. The summed E-state index contributed by atoms with van der Waals surface area (Å²) in [6.07, 6.45) is 0.872. The van der Waals surface area contributed by atoms with E-state index in [1.165, 1.54) is 0 Å². The van der Waals surface area contributed by atoms with Crippen LogP contribution in [0.3, 0.4) is 0 Å². The van der Waals surface area contributed by atoms with E-state index in [1.807, 2.05) is 6.92 Å². The summed E-state index contributed by atoms with van der Waals surface area (Å²) in [5.74, 6) is 0.123. The monoisotopic (exact) mass is 229 g/mol. The largest absolute Gasteiger partial charge is 0.385 e. The molecule has 0 unspecified atom stereocenters. The van der Waals surface area contributed by atoms with Gasteiger partial charge in [0.25, 0.3) is 0 Å². The van der Waals surface area contributed by atoms with Crippen LogP contribution in [0.1, 0.15) is 13.3 Å². The van der Waals surface area contributed by atoms with Gasteiger partial charge in [-0.25, -0.2) is 0 Å². The van der Waals surface area contributed by atoms with Gasteiger partial charge < -0.3 is 15.4 Å². The molecular formula is C11H23N3O2. The number of carbonyl (C=O) groups is 1. The number of carbonyl (C=O) groups excluding carboxylic acids is 1. The van der Waals surface area contributed by atoms with Crippen molar-refractivity contribution in [2.24, 2.45) is 0 Å². The Morgan fingerprint density at radius 2 is 2.19 bits per heavy atom. The van der Waals surface area contributed by atoms with Crippen LogP contribution in [0, 0.1) is 0 Å². The van der Waals surface area contributed by atoms with Crippen LogP contribution in [-0.2, 0) is 9.53 Å². The number of ether oxygens (including phenoxy) is 1. The van der Waals surface area contributed by atoms with Crippen LogP contribution in [0.15, 0.2) is 0 Å². The Bertz CT molecular complexity index is 205. The Hall–Kier alpha value is -0.650. The first-order valence-electron chi connectivity index (χ1n) is 5.97. The Balaban J connectivity index is 2.18. The third kappa shape index (κ3) is 4.47. The molecule has 1 amide bonds. The number of nitrogens with one attached hydrogen (secondary N) is 2. The first kappa shape index (κ1) is 13.4. The van der Waals surface area contributed by atoms with Gasteiger partial charge in [0.2, 0.25) is 5.91 Å². The van der Waals surface area contributed by atoms with E-state index in [1.54, 1.807) is 7.11 Å². The Labute approximate surface area is 97.5 Å². The average molecular weight is 229 g/mol. The van der Waals surface area contributed by atoms with Gasteiger partial charge >= 0.3 is 0 Å². The summed E-state index contributed by atoms with van der Waals surface area (Å²) in [5.41, 5.74) is 0. The Morgan fingerprint density at radius 3 is 2.81 bits per heavy atom. The van der Waals surface area contributed by atoms with Crippen molar-refractivity contribution in [1.82, 2.24) is 15.5 Å². The molecule has 16 heavy (non-hydrogen) atoms. The minimum Gasteiger partial charge on any atom is -0.385 e. The second-order valence-corrected chi connectivity index (χ2v) is 4.10. The van der Waals surface area contributed by atoms with Crippen LogP contribution < -0.4 is 10.6 Å². The van der Waals surface area contributed by atoms with E-state index in [-0.39, 0.29) is 11.9 Å². The van der Waals surface area contributed by atoms with E-state index in [4.69, 9.17) is 4.74 Å². The third-order valence-electron chi connectivity index (χ3n) is 2.90. The molecule has 1 aliphatic heterocycles. The number of methoxy groups -OCH3 is 1. The van der Waals surface area contributed by atoms with E-state index in [9.17, 15) is 4.79 Å². The summed E-state index contributed by atoms with van der Waals surface area (Å²) in [7, 11) is 1.67. The van der Waals surface area contributed by atoms with Gasteiger partial charge in [-0.15, -0.1) is 0 Å². The summed E-state index contributed by atoms with van der Waals surface area (Å²) in [6, 6.07) is -0.0235. The zero-order valence-electron chi connectivity index (χ0n) is 10.3. The highest BCUT2D eigenvalue weighted by atomic mass is 16.5. The van der Waals surface area contributed by atoms with Crippen molar-refractivity contribution in [2.45, 2.75) is 19.4 Å². The second kappa shape index (κ2) is 7.60. The van der Waals surface area contributed by atoms with Crippen molar-refractivity contribution in [3.8, 4) is 0 Å². The maximum absolute atomic E-state index is 11.8. The SMILES string of the molecule is COCCCNC(=O)[C@@H](C)N1CCNCC1. The number of piperazine rings is 1. The average Bonchev–Trinajstić information content (AvgIpc) is 2.34. The summed E-state index contributed by atoms with van der Waals surface area (Å²) < 4.78 is 4.93. The molecule has 0 aromatic carbocycles. The fourth-order valence-corrected chi connectivity index (χ4v) is 1.81. The molecule has 5 nitrogen and oxygen atoms in total. The van der Waals surface area contributed by atoms with Crippen LogP contribution in [0.2, 0.25) is 0 Å². The highest BCUT2D eigenvalue weighted by Crippen LogP contribution is 2.00. The molecule has 0 radical (unpaired) electrons. The van der Waals surface area contributed by atoms with Gasteiger partial charge in [-0.05, 0) is 13.3 Å². The number of amides is 1. The number of hydrogen-bond donors (Lipinski definition) is 2. The lowest BCUT2D eigenvalue weighted by molar-refractivity contribution is -0.126. The van der Waals surface area contributed by atoms with Gasteiger partial charge in [-0.3, -0.25) is 9.69 Å². The standard InChI is InChI=1S/C11H23N3O2/c1-10(14-7-5-12-6-8-14)11(15)13-4-3-9-16-2/h10,12H,3-9H2,1-2H3,(H,13,15)/t10-/m1/s1. The molecule has 1 saturated heterocycles. The van der Waals surface area contributed by atoms with Gasteiger partial charge in [0.05, 0.1) is 6.04 Å². The van der Waals surface area contributed by atoms with Crippen molar-refractivity contribution >= 4 is 5.91 Å². The van der Waals surface area contributed by atoms with Gasteiger partial charge in [0, 0.05) is 46.4 Å². The van der Waals surface area contributed by atoms with Crippen LogP contribution >= 0.6 is 0 Å². The molecular weight excluding hydrogens is 206 g/mol. The lowest BCUT2D eigenvalue weighted by Crippen LogP contribution is -2.52. The minimum atomic E-state index is -0.0235. The van der Waals surface area contributed by atoms with Crippen molar-refractivity contribution in [3.63, 3.8) is 0 Å². The minimum absolute atomic E-state index is 0.0235. The first-order valence-corrected chi connectivity index (χ1v) is 5.97. The van der Waals surface area contributed by atoms with Crippen molar-refractivity contribution < 1.29 is 9.53 Å². The molecule has 5 heteroatoms. The zero-order valence-corrected chi connectivity index (χ0v) is 10.3. The Kier molecular flexibility index (Phi) is 6.37. The highest BCUT2D eigenvalue weighted by molar-refractivity contribution is 5.81. The van der Waals surface area contributed by atoms with Gasteiger partial charge in [0.15, 0.2) is 0 Å². The molecule has 0 saturated carbocycles. The van der Waals surface area contributed by atoms with Crippen LogP contribution in [0.4, 0.5) is 0 Å². The number of rotatable bonds is 6. The normalized spacial score (nSPS) is 19.4. The summed E-state index contributed by atoms with van der Waals surface area (Å²) in [6.45, 7) is 7.21. The summed E-state index contributed by atoms with van der Waals surface area (Å²) in [5, 5.41) is 6.21. The molecule has 0 aliphatic carbocycles. The highest BCUT2D eigenvalue weighted by Gasteiger charge is 2.21. The fraction of sp³-hybridized carbons (Fsp3) is 0.909. The van der Waals surface area contributed by atoms with E-state index >= 15 is 0 Å². The zero-order chi connectivity index (χ0) is 11.8. The molecule has 1 aliphatic rings. The van der Waals surface area contributed by atoms with Crippen LogP contribution in [-0.4, -0.2) is 63.3 Å². The van der Waals surface area contributed by atoms with E-state index in [0.717, 1.165) is 32.6 Å². The summed E-state index contributed by atoms with van der Waals surface area (Å²) in [4.78, 5) is 14.0. The quantitative estimate of drug-likeness (QED) is 0.599. The van der Waals surface area contributed by atoms with Crippen molar-refractivity contribution in [1.29, 1.82) is 0 Å². The molecule has 1 fully saturated rings. The molecule has 1 heterocycles. The molecule has 0 aromatic heterocycles. The number of nitrogens with zero attached hydrogens (tertiary/aromatic N) is 1. The lowest BCUT2D eigenvalue weighted by atomic mass is 10.2. The van der Waals surface area contributed by atoms with Crippen molar-refractivity contribution in [3.05, 3.63) is 0 Å². The molecule has 0 aromatic rings. The maximum Gasteiger partial charge on any atom is 0.237 e. The van der Waals surface area contributed by atoms with Gasteiger partial charge in [-0.1, -0.05) is 0 Å². The molecule has 0 spiro atoms. The molecule has 1 rings (SSSR count).